The number of ether oxygens (including phenoxy) is 1. The summed E-state index contributed by atoms with van der Waals surface area (Å²) in [6.45, 7) is 5.70. The van der Waals surface area contributed by atoms with E-state index in [4.69, 9.17) is 4.74 Å². The summed E-state index contributed by atoms with van der Waals surface area (Å²) < 4.78 is 7.68. The molecule has 1 aliphatic rings. The fourth-order valence-corrected chi connectivity index (χ4v) is 2.76. The lowest BCUT2D eigenvalue weighted by atomic mass is 10.2. The molecular formula is C17H23N5O2. The van der Waals surface area contributed by atoms with Crippen LogP contribution in [-0.4, -0.2) is 57.9 Å². The molecule has 1 fully saturated rings. The second kappa shape index (κ2) is 8.03. The van der Waals surface area contributed by atoms with Gasteiger partial charge in [0.1, 0.15) is 0 Å². The number of nitrogens with zero attached hydrogens (tertiary/aromatic N) is 4. The average molecular weight is 329 g/mol. The van der Waals surface area contributed by atoms with Gasteiger partial charge >= 0.3 is 0 Å². The first-order valence-electron chi connectivity index (χ1n) is 8.18. The third-order valence-corrected chi connectivity index (χ3v) is 3.94. The van der Waals surface area contributed by atoms with Gasteiger partial charge in [-0.05, 0) is 24.6 Å². The summed E-state index contributed by atoms with van der Waals surface area (Å²) >= 11 is 0. The Labute approximate surface area is 141 Å². The molecule has 0 aliphatic carbocycles. The lowest BCUT2D eigenvalue weighted by molar-refractivity contribution is -0.124. The Balaban J connectivity index is 1.43. The highest BCUT2D eigenvalue weighted by atomic mass is 16.5. The van der Waals surface area contributed by atoms with E-state index in [0.717, 1.165) is 24.3 Å². The van der Waals surface area contributed by atoms with Crippen molar-refractivity contribution in [1.82, 2.24) is 25.0 Å². The molecule has 2 aromatic heterocycles. The topological polar surface area (TPSA) is 72.3 Å². The summed E-state index contributed by atoms with van der Waals surface area (Å²) in [5.41, 5.74) is 2.00. The predicted molar refractivity (Wildman–Crippen MR) is 89.2 cm³/mol. The van der Waals surface area contributed by atoms with Gasteiger partial charge in [0.2, 0.25) is 5.91 Å². The second-order valence-electron chi connectivity index (χ2n) is 6.07. The van der Waals surface area contributed by atoms with Crippen LogP contribution >= 0.6 is 0 Å². The SMILES string of the molecule is Cc1cnn(CC2CN(CC(=O)NCc3ccccn3)CCO2)c1. The van der Waals surface area contributed by atoms with Crippen LogP contribution in [0.3, 0.4) is 0 Å². The summed E-state index contributed by atoms with van der Waals surface area (Å²) in [6.07, 6.45) is 5.63. The second-order valence-corrected chi connectivity index (χ2v) is 6.07. The highest BCUT2D eigenvalue weighted by Gasteiger charge is 2.22. The summed E-state index contributed by atoms with van der Waals surface area (Å²) in [4.78, 5) is 18.4. The molecule has 0 saturated carbocycles. The number of amides is 1. The van der Waals surface area contributed by atoms with Crippen LogP contribution in [0.15, 0.2) is 36.8 Å². The van der Waals surface area contributed by atoms with Gasteiger partial charge in [0, 0.05) is 25.5 Å². The van der Waals surface area contributed by atoms with E-state index < -0.39 is 0 Å². The maximum Gasteiger partial charge on any atom is 0.234 e. The van der Waals surface area contributed by atoms with Crippen molar-refractivity contribution >= 4 is 5.91 Å². The van der Waals surface area contributed by atoms with Gasteiger partial charge in [-0.15, -0.1) is 0 Å². The molecule has 0 aromatic carbocycles. The first-order valence-corrected chi connectivity index (χ1v) is 8.18. The average Bonchev–Trinajstić information content (AvgIpc) is 2.99. The maximum absolute atomic E-state index is 12.1. The number of carbonyl (C=O) groups is 1. The number of morpholine rings is 1. The van der Waals surface area contributed by atoms with Crippen LogP contribution in [0.25, 0.3) is 0 Å². The van der Waals surface area contributed by atoms with Gasteiger partial charge in [0.15, 0.2) is 0 Å². The smallest absolute Gasteiger partial charge is 0.234 e. The molecule has 128 valence electrons. The van der Waals surface area contributed by atoms with Crippen LogP contribution in [0, 0.1) is 6.92 Å². The van der Waals surface area contributed by atoms with Crippen LogP contribution in [0.5, 0.6) is 0 Å². The van der Waals surface area contributed by atoms with Gasteiger partial charge in [0.25, 0.3) is 0 Å². The molecular weight excluding hydrogens is 306 g/mol. The van der Waals surface area contributed by atoms with E-state index in [2.05, 4.69) is 20.3 Å². The molecule has 2 aromatic rings. The molecule has 3 rings (SSSR count). The third kappa shape index (κ3) is 4.87. The standard InChI is InChI=1S/C17H23N5O2/c1-14-8-20-22(10-14)12-16-11-21(6-7-24-16)13-17(23)19-9-15-4-2-3-5-18-15/h2-5,8,10,16H,6-7,9,11-13H2,1H3,(H,19,23). The van der Waals surface area contributed by atoms with Crippen molar-refractivity contribution in [1.29, 1.82) is 0 Å². The van der Waals surface area contributed by atoms with Crippen LogP contribution in [0.2, 0.25) is 0 Å². The number of nitrogens with one attached hydrogen (secondary N) is 1. The molecule has 0 radical (unpaired) electrons. The Bertz CT molecular complexity index is 658. The van der Waals surface area contributed by atoms with Crippen LogP contribution < -0.4 is 5.32 Å². The monoisotopic (exact) mass is 329 g/mol. The molecule has 1 amide bonds. The maximum atomic E-state index is 12.1. The minimum Gasteiger partial charge on any atom is -0.374 e. The molecule has 24 heavy (non-hydrogen) atoms. The lowest BCUT2D eigenvalue weighted by Gasteiger charge is -2.32. The molecule has 7 heteroatoms. The van der Waals surface area contributed by atoms with E-state index >= 15 is 0 Å². The number of hydrogen-bond acceptors (Lipinski definition) is 5. The molecule has 0 spiro atoms. The van der Waals surface area contributed by atoms with Crippen molar-refractivity contribution < 1.29 is 9.53 Å². The zero-order valence-electron chi connectivity index (χ0n) is 13.9. The summed E-state index contributed by atoms with van der Waals surface area (Å²) in [5, 5.41) is 7.20. The lowest BCUT2D eigenvalue weighted by Crippen LogP contribution is -2.48. The zero-order valence-corrected chi connectivity index (χ0v) is 13.9. The van der Waals surface area contributed by atoms with Gasteiger partial charge in [-0.1, -0.05) is 6.07 Å². The van der Waals surface area contributed by atoms with Crippen molar-refractivity contribution in [3.05, 3.63) is 48.0 Å². The molecule has 1 atom stereocenters. The van der Waals surface area contributed by atoms with Crippen LogP contribution in [0.1, 0.15) is 11.3 Å². The van der Waals surface area contributed by atoms with E-state index in [9.17, 15) is 4.79 Å². The molecule has 7 nitrogen and oxygen atoms in total. The van der Waals surface area contributed by atoms with Gasteiger partial charge in [-0.25, -0.2) is 0 Å². The van der Waals surface area contributed by atoms with Gasteiger partial charge < -0.3 is 10.1 Å². The fourth-order valence-electron chi connectivity index (χ4n) is 2.76. The van der Waals surface area contributed by atoms with E-state index in [1.807, 2.05) is 42.2 Å². The first kappa shape index (κ1) is 16.6. The zero-order chi connectivity index (χ0) is 16.8. The van der Waals surface area contributed by atoms with Crippen LogP contribution in [0.4, 0.5) is 0 Å². The van der Waals surface area contributed by atoms with Crippen molar-refractivity contribution in [2.75, 3.05) is 26.2 Å². The minimum atomic E-state index is 0.0104. The largest absolute Gasteiger partial charge is 0.374 e. The molecule has 3 heterocycles. The van der Waals surface area contributed by atoms with E-state index in [1.54, 1.807) is 6.20 Å². The molecule has 1 aliphatic heterocycles. The Morgan fingerprint density at radius 2 is 2.38 bits per heavy atom. The minimum absolute atomic E-state index is 0.0104. The number of carbonyl (C=O) groups excluding carboxylic acids is 1. The van der Waals surface area contributed by atoms with Crippen molar-refractivity contribution in [3.8, 4) is 0 Å². The quantitative estimate of drug-likeness (QED) is 0.840. The normalized spacial score (nSPS) is 18.5. The Morgan fingerprint density at radius 3 is 3.12 bits per heavy atom. The van der Waals surface area contributed by atoms with Crippen molar-refractivity contribution in [2.24, 2.45) is 0 Å². The van der Waals surface area contributed by atoms with E-state index in [-0.39, 0.29) is 12.0 Å². The van der Waals surface area contributed by atoms with Crippen molar-refractivity contribution in [2.45, 2.75) is 26.1 Å². The number of pyridine rings is 1. The number of hydrogen-bond donors (Lipinski definition) is 1. The Hall–Kier alpha value is -2.25. The number of aryl methyl sites for hydroxylation is 1. The highest BCUT2D eigenvalue weighted by Crippen LogP contribution is 2.08. The summed E-state index contributed by atoms with van der Waals surface area (Å²) in [7, 11) is 0. The molecule has 1 unspecified atom stereocenters. The fraction of sp³-hybridized carbons (Fsp3) is 0.471. The van der Waals surface area contributed by atoms with Crippen LogP contribution in [-0.2, 0) is 22.6 Å². The van der Waals surface area contributed by atoms with E-state index in [1.165, 1.54) is 0 Å². The summed E-state index contributed by atoms with van der Waals surface area (Å²) in [5.74, 6) is 0.0104. The van der Waals surface area contributed by atoms with Gasteiger partial charge in [-0.2, -0.15) is 5.10 Å². The molecule has 1 N–H and O–H groups in total. The van der Waals surface area contributed by atoms with Gasteiger partial charge in [-0.3, -0.25) is 19.4 Å². The molecule has 1 saturated heterocycles. The van der Waals surface area contributed by atoms with E-state index in [0.29, 0.717) is 26.2 Å². The number of aromatic nitrogens is 3. The van der Waals surface area contributed by atoms with Gasteiger partial charge in [0.05, 0.1) is 44.2 Å². The Morgan fingerprint density at radius 1 is 1.46 bits per heavy atom. The van der Waals surface area contributed by atoms with Crippen molar-refractivity contribution in [3.63, 3.8) is 0 Å². The number of rotatable bonds is 6. The Kier molecular flexibility index (Phi) is 5.55. The molecule has 0 bridgehead atoms. The first-order chi connectivity index (χ1) is 11.7. The third-order valence-electron chi connectivity index (χ3n) is 3.94. The summed E-state index contributed by atoms with van der Waals surface area (Å²) in [6, 6.07) is 5.68. The predicted octanol–water partition coefficient (Wildman–Crippen LogP) is 0.604. The highest BCUT2D eigenvalue weighted by molar-refractivity contribution is 5.77.